The highest BCUT2D eigenvalue weighted by Gasteiger charge is 2.66. The first-order chi connectivity index (χ1) is 19.8. The molecule has 8 nitrogen and oxygen atoms in total. The van der Waals surface area contributed by atoms with Crippen LogP contribution in [0.15, 0.2) is 0 Å². The fraction of sp³-hybridized carbons (Fsp3) is 1.00. The summed E-state index contributed by atoms with van der Waals surface area (Å²) in [5.41, 5.74) is -1.76. The Bertz CT molecular complexity index is 880. The van der Waals surface area contributed by atoms with Crippen molar-refractivity contribution < 1.29 is 35.7 Å². The van der Waals surface area contributed by atoms with Crippen LogP contribution in [0.5, 0.6) is 0 Å². The first-order valence-electron chi connectivity index (χ1n) is 17.3. The van der Waals surface area contributed by atoms with Gasteiger partial charge in [-0.25, -0.2) is 0 Å². The van der Waals surface area contributed by atoms with Crippen LogP contribution in [0.3, 0.4) is 0 Å². The van der Waals surface area contributed by atoms with Gasteiger partial charge in [0.1, 0.15) is 5.60 Å². The molecule has 8 heteroatoms. The van der Waals surface area contributed by atoms with Gasteiger partial charge in [-0.15, -0.1) is 0 Å². The molecule has 0 bridgehead atoms. The van der Waals surface area contributed by atoms with Crippen molar-refractivity contribution in [1.29, 1.82) is 0 Å². The van der Waals surface area contributed by atoms with E-state index in [2.05, 4.69) is 4.90 Å². The van der Waals surface area contributed by atoms with Gasteiger partial charge in [0.2, 0.25) is 0 Å². The highest BCUT2D eigenvalue weighted by molar-refractivity contribution is 5.15. The highest BCUT2D eigenvalue weighted by Crippen LogP contribution is 2.59. The summed E-state index contributed by atoms with van der Waals surface area (Å²) in [4.78, 5) is 2.05. The lowest BCUT2D eigenvalue weighted by Gasteiger charge is -2.62. The number of hydrogen-bond donors (Lipinski definition) is 7. The fourth-order valence-corrected chi connectivity index (χ4v) is 11.2. The molecule has 0 radical (unpaired) electrons. The topological polar surface area (TPSA) is 145 Å². The van der Waals surface area contributed by atoms with Gasteiger partial charge in [0, 0.05) is 24.3 Å². The minimum absolute atomic E-state index is 0.0193. The van der Waals surface area contributed by atoms with Crippen molar-refractivity contribution in [2.24, 2.45) is 59.2 Å². The van der Waals surface area contributed by atoms with Crippen LogP contribution in [0.2, 0.25) is 0 Å². The molecule has 0 heterocycles. The van der Waals surface area contributed by atoms with Crippen molar-refractivity contribution in [1.82, 2.24) is 4.90 Å². The van der Waals surface area contributed by atoms with Crippen molar-refractivity contribution in [2.75, 3.05) is 20.6 Å². The standard InChI is InChI=1S/C34H61NO7/c1-18-13-24-15-23-16-26-22(10-9-20-5-7-21(8-6-20)14-25(37)17-35(3)4)11-12-27(38)30(26)31(39)29(23)33(41)34(24,42)32(40)28(18)19(2)36/h18-33,36-42H,5-17H2,1-4H3/t18?,19?,20?,21?,22?,23-,24-,25?,26?,27?,28?,29?,30?,31?,32?,33?,34-/m1/s1. The number of fused-ring (bicyclic) bond motifs is 3. The SMILES string of the molecule is CC(O)C1C(C)C[C@@H]2C[C@@H]3CC4C(CCC5CCC(CC(O)CN(C)C)CC5)CCC(O)C4C(O)C3C(O)[C@]2(O)C1O. The second-order valence-electron chi connectivity index (χ2n) is 16.1. The Balaban J connectivity index is 1.22. The number of nitrogens with zero attached hydrogens (tertiary/aromatic N) is 1. The summed E-state index contributed by atoms with van der Waals surface area (Å²) in [6.45, 7) is 4.37. The third-order valence-corrected chi connectivity index (χ3v) is 13.2. The maximum atomic E-state index is 11.9. The maximum absolute atomic E-state index is 11.9. The summed E-state index contributed by atoms with van der Waals surface area (Å²) < 4.78 is 0. The molecule has 0 aromatic carbocycles. The molecule has 12 unspecified atom stereocenters. The lowest BCUT2D eigenvalue weighted by molar-refractivity contribution is -0.289. The van der Waals surface area contributed by atoms with Gasteiger partial charge in [-0.2, -0.15) is 0 Å². The molecule has 5 aliphatic carbocycles. The number of aliphatic hydroxyl groups is 7. The Morgan fingerprint density at radius 1 is 0.810 bits per heavy atom. The van der Waals surface area contributed by atoms with E-state index in [1.54, 1.807) is 6.92 Å². The molecule has 5 saturated carbocycles. The predicted octanol–water partition coefficient (Wildman–Crippen LogP) is 2.40. The van der Waals surface area contributed by atoms with E-state index >= 15 is 0 Å². The molecule has 7 N–H and O–H groups in total. The van der Waals surface area contributed by atoms with Crippen LogP contribution in [-0.2, 0) is 0 Å². The van der Waals surface area contributed by atoms with E-state index in [1.807, 2.05) is 21.0 Å². The Morgan fingerprint density at radius 2 is 1.48 bits per heavy atom. The second-order valence-corrected chi connectivity index (χ2v) is 16.1. The first-order valence-corrected chi connectivity index (χ1v) is 17.3. The van der Waals surface area contributed by atoms with Crippen molar-refractivity contribution in [3.8, 4) is 0 Å². The summed E-state index contributed by atoms with van der Waals surface area (Å²) >= 11 is 0. The van der Waals surface area contributed by atoms with E-state index in [-0.39, 0.29) is 35.7 Å². The molecule has 0 amide bonds. The van der Waals surface area contributed by atoms with Gasteiger partial charge in [0.05, 0.1) is 36.6 Å². The summed E-state index contributed by atoms with van der Waals surface area (Å²) in [5.74, 6) is 0.315. The summed E-state index contributed by atoms with van der Waals surface area (Å²) in [7, 11) is 4.01. The zero-order valence-corrected chi connectivity index (χ0v) is 26.5. The zero-order chi connectivity index (χ0) is 30.5. The molecule has 5 aliphatic rings. The number of hydrogen-bond acceptors (Lipinski definition) is 8. The molecule has 0 spiro atoms. The highest BCUT2D eigenvalue weighted by atomic mass is 16.4. The summed E-state index contributed by atoms with van der Waals surface area (Å²) in [6.07, 6.45) is 6.61. The lowest BCUT2D eigenvalue weighted by atomic mass is 9.47. The Morgan fingerprint density at radius 3 is 2.12 bits per heavy atom. The van der Waals surface area contributed by atoms with Gasteiger partial charge < -0.3 is 40.6 Å². The van der Waals surface area contributed by atoms with E-state index in [9.17, 15) is 35.7 Å². The van der Waals surface area contributed by atoms with Crippen molar-refractivity contribution in [3.63, 3.8) is 0 Å². The molecule has 5 fully saturated rings. The summed E-state index contributed by atoms with van der Waals surface area (Å²) in [6, 6.07) is 0. The second kappa shape index (κ2) is 13.2. The normalized spacial score (nSPS) is 50.9. The van der Waals surface area contributed by atoms with Gasteiger partial charge >= 0.3 is 0 Å². The van der Waals surface area contributed by atoms with E-state index in [4.69, 9.17) is 0 Å². The zero-order valence-electron chi connectivity index (χ0n) is 26.5. The number of aliphatic hydroxyl groups excluding tert-OH is 6. The molecule has 0 saturated heterocycles. The lowest BCUT2D eigenvalue weighted by Crippen LogP contribution is -2.72. The third-order valence-electron chi connectivity index (χ3n) is 13.2. The smallest absolute Gasteiger partial charge is 0.120 e. The average Bonchev–Trinajstić information content (AvgIpc) is 2.90. The molecule has 15 atom stereocenters. The number of rotatable bonds is 8. The van der Waals surface area contributed by atoms with E-state index in [0.29, 0.717) is 37.0 Å². The first kappa shape index (κ1) is 33.1. The van der Waals surface area contributed by atoms with E-state index in [1.165, 1.54) is 32.1 Å². The van der Waals surface area contributed by atoms with E-state index in [0.717, 1.165) is 32.2 Å². The molecule has 244 valence electrons. The predicted molar refractivity (Wildman–Crippen MR) is 161 cm³/mol. The van der Waals surface area contributed by atoms with Crippen LogP contribution in [0.4, 0.5) is 0 Å². The van der Waals surface area contributed by atoms with Gasteiger partial charge in [0.25, 0.3) is 0 Å². The van der Waals surface area contributed by atoms with Crippen LogP contribution in [-0.4, -0.2) is 104 Å². The van der Waals surface area contributed by atoms with Gasteiger partial charge in [0.15, 0.2) is 0 Å². The van der Waals surface area contributed by atoms with Gasteiger partial charge in [-0.1, -0.05) is 39.0 Å². The number of likely N-dealkylation sites (N-methyl/N-ethyl adjacent to an activating group) is 1. The minimum atomic E-state index is -1.76. The van der Waals surface area contributed by atoms with Gasteiger partial charge in [-0.3, -0.25) is 0 Å². The van der Waals surface area contributed by atoms with Crippen LogP contribution < -0.4 is 0 Å². The summed E-state index contributed by atoms with van der Waals surface area (Å²) in [5, 5.41) is 78.5. The Labute approximate surface area is 253 Å². The molecule has 42 heavy (non-hydrogen) atoms. The van der Waals surface area contributed by atoms with Crippen molar-refractivity contribution >= 4 is 0 Å². The Hall–Kier alpha value is -0.320. The monoisotopic (exact) mass is 595 g/mol. The molecule has 0 aromatic rings. The molecule has 0 aromatic heterocycles. The molecular weight excluding hydrogens is 534 g/mol. The average molecular weight is 596 g/mol. The molecule has 5 rings (SSSR count). The third kappa shape index (κ3) is 6.22. The fourth-order valence-electron chi connectivity index (χ4n) is 11.2. The van der Waals surface area contributed by atoms with E-state index < -0.39 is 48.0 Å². The molecule has 0 aliphatic heterocycles. The van der Waals surface area contributed by atoms with Crippen LogP contribution in [0.1, 0.15) is 90.9 Å². The van der Waals surface area contributed by atoms with Crippen molar-refractivity contribution in [3.05, 3.63) is 0 Å². The van der Waals surface area contributed by atoms with Crippen LogP contribution >= 0.6 is 0 Å². The Kier molecular flexibility index (Phi) is 10.4. The molecular formula is C34H61NO7. The van der Waals surface area contributed by atoms with Gasteiger partial charge in [-0.05, 0) is 107 Å². The largest absolute Gasteiger partial charge is 0.393 e. The minimum Gasteiger partial charge on any atom is -0.393 e. The van der Waals surface area contributed by atoms with Crippen molar-refractivity contribution in [2.45, 2.75) is 133 Å². The van der Waals surface area contributed by atoms with Crippen LogP contribution in [0, 0.1) is 59.2 Å². The quantitative estimate of drug-likeness (QED) is 0.227. The maximum Gasteiger partial charge on any atom is 0.120 e. The van der Waals surface area contributed by atoms with Crippen LogP contribution in [0.25, 0.3) is 0 Å².